The molecule has 0 fully saturated rings. The molecular formula is C10H16Br2. The summed E-state index contributed by atoms with van der Waals surface area (Å²) >= 11 is 6.46. The molecule has 0 aliphatic heterocycles. The van der Waals surface area contributed by atoms with Crippen molar-refractivity contribution in [2.75, 3.05) is 5.33 Å². The molecule has 0 saturated carbocycles. The van der Waals surface area contributed by atoms with E-state index in [1.807, 2.05) is 51.1 Å². The van der Waals surface area contributed by atoms with Gasteiger partial charge in [-0.1, -0.05) is 70.8 Å². The summed E-state index contributed by atoms with van der Waals surface area (Å²) < 4.78 is 1.13. The van der Waals surface area contributed by atoms with Crippen LogP contribution in [0.5, 0.6) is 0 Å². The van der Waals surface area contributed by atoms with Gasteiger partial charge in [0.2, 0.25) is 0 Å². The number of hydrogen-bond acceptors (Lipinski definition) is 0. The van der Waals surface area contributed by atoms with Crippen molar-refractivity contribution in [3.8, 4) is 0 Å². The first-order valence-corrected chi connectivity index (χ1v) is 5.99. The summed E-state index contributed by atoms with van der Waals surface area (Å²) in [5.41, 5.74) is 0. The van der Waals surface area contributed by atoms with E-state index in [-0.39, 0.29) is 0 Å². The van der Waals surface area contributed by atoms with Crippen molar-refractivity contribution in [2.24, 2.45) is 0 Å². The van der Waals surface area contributed by atoms with Gasteiger partial charge in [0, 0.05) is 9.80 Å². The van der Waals surface area contributed by atoms with E-state index in [4.69, 9.17) is 0 Å². The SMILES string of the molecule is Brc1ccccc1.CC.CCBr. The molecule has 0 aliphatic rings. The predicted octanol–water partition coefficient (Wildman–Crippen LogP) is 4.88. The fourth-order valence-corrected chi connectivity index (χ4v) is 0.720. The molecule has 1 aromatic carbocycles. The van der Waals surface area contributed by atoms with E-state index in [0.29, 0.717) is 0 Å². The lowest BCUT2D eigenvalue weighted by atomic mass is 10.4. The van der Waals surface area contributed by atoms with Gasteiger partial charge >= 0.3 is 0 Å². The molecule has 0 heterocycles. The van der Waals surface area contributed by atoms with Crippen LogP contribution in [0.15, 0.2) is 34.8 Å². The van der Waals surface area contributed by atoms with E-state index in [1.54, 1.807) is 0 Å². The fourth-order valence-electron chi connectivity index (χ4n) is 0.415. The summed E-state index contributed by atoms with van der Waals surface area (Å²) in [5.74, 6) is 0. The first-order valence-electron chi connectivity index (χ1n) is 4.07. The number of alkyl halides is 1. The molecule has 0 radical (unpaired) electrons. The Morgan fingerprint density at radius 1 is 1.08 bits per heavy atom. The van der Waals surface area contributed by atoms with Gasteiger partial charge in [-0.2, -0.15) is 0 Å². The molecule has 0 bridgehead atoms. The molecule has 0 unspecified atom stereocenters. The fraction of sp³-hybridized carbons (Fsp3) is 0.400. The second kappa shape index (κ2) is 13.7. The molecule has 0 aromatic heterocycles. The maximum atomic E-state index is 3.31. The Labute approximate surface area is 92.6 Å². The van der Waals surface area contributed by atoms with E-state index in [2.05, 4.69) is 31.9 Å². The summed E-state index contributed by atoms with van der Waals surface area (Å²) in [6.07, 6.45) is 0. The first-order chi connectivity index (χ1) is 5.81. The van der Waals surface area contributed by atoms with Crippen molar-refractivity contribution in [3.63, 3.8) is 0 Å². The van der Waals surface area contributed by atoms with Crippen LogP contribution in [0.3, 0.4) is 0 Å². The van der Waals surface area contributed by atoms with Crippen LogP contribution in [-0.2, 0) is 0 Å². The minimum atomic E-state index is 1.06. The van der Waals surface area contributed by atoms with Gasteiger partial charge in [-0.25, -0.2) is 0 Å². The van der Waals surface area contributed by atoms with Gasteiger partial charge in [0.1, 0.15) is 0 Å². The van der Waals surface area contributed by atoms with E-state index >= 15 is 0 Å². The lowest BCUT2D eigenvalue weighted by molar-refractivity contribution is 1.50. The monoisotopic (exact) mass is 294 g/mol. The number of benzene rings is 1. The summed E-state index contributed by atoms with van der Waals surface area (Å²) in [7, 11) is 0. The largest absolute Gasteiger partial charge is 0.0931 e. The van der Waals surface area contributed by atoms with E-state index in [1.165, 1.54) is 0 Å². The van der Waals surface area contributed by atoms with Crippen molar-refractivity contribution in [1.82, 2.24) is 0 Å². The van der Waals surface area contributed by atoms with Crippen LogP contribution in [0.4, 0.5) is 0 Å². The quantitative estimate of drug-likeness (QED) is 0.599. The molecule has 0 saturated heterocycles. The lowest BCUT2D eigenvalue weighted by Crippen LogP contribution is -1.55. The third-order valence-electron chi connectivity index (χ3n) is 0.733. The van der Waals surface area contributed by atoms with Crippen LogP contribution >= 0.6 is 31.9 Å². The highest BCUT2D eigenvalue weighted by molar-refractivity contribution is 9.10. The van der Waals surface area contributed by atoms with Gasteiger partial charge in [0.15, 0.2) is 0 Å². The van der Waals surface area contributed by atoms with Crippen LogP contribution in [0.25, 0.3) is 0 Å². The smallest absolute Gasteiger partial charge is 0.0175 e. The molecule has 1 aromatic rings. The Morgan fingerprint density at radius 3 is 1.58 bits per heavy atom. The molecular weight excluding hydrogens is 280 g/mol. The number of hydrogen-bond donors (Lipinski definition) is 0. The number of halogens is 2. The minimum absolute atomic E-state index is 1.06. The van der Waals surface area contributed by atoms with E-state index < -0.39 is 0 Å². The molecule has 70 valence electrons. The third-order valence-corrected chi connectivity index (χ3v) is 1.26. The number of rotatable bonds is 0. The first kappa shape index (κ1) is 14.7. The molecule has 1 rings (SSSR count). The Kier molecular flexibility index (Phi) is 16.8. The molecule has 12 heavy (non-hydrogen) atoms. The van der Waals surface area contributed by atoms with E-state index in [0.717, 1.165) is 9.80 Å². The molecule has 0 N–H and O–H groups in total. The summed E-state index contributed by atoms with van der Waals surface area (Å²) in [6.45, 7) is 6.04. The van der Waals surface area contributed by atoms with Crippen LogP contribution in [0.1, 0.15) is 20.8 Å². The zero-order chi connectivity index (χ0) is 9.82. The summed E-state index contributed by atoms with van der Waals surface area (Å²) in [6, 6.07) is 9.97. The van der Waals surface area contributed by atoms with Gasteiger partial charge in [-0.15, -0.1) is 0 Å². The average molecular weight is 296 g/mol. The van der Waals surface area contributed by atoms with Crippen LogP contribution < -0.4 is 0 Å². The summed E-state index contributed by atoms with van der Waals surface area (Å²) in [5, 5.41) is 1.06. The van der Waals surface area contributed by atoms with Crippen molar-refractivity contribution >= 4 is 31.9 Å². The Hall–Kier alpha value is 0.180. The van der Waals surface area contributed by atoms with Crippen LogP contribution in [-0.4, -0.2) is 5.33 Å². The molecule has 0 atom stereocenters. The van der Waals surface area contributed by atoms with Crippen LogP contribution in [0, 0.1) is 0 Å². The Morgan fingerprint density at radius 2 is 1.42 bits per heavy atom. The zero-order valence-electron chi connectivity index (χ0n) is 7.85. The highest BCUT2D eigenvalue weighted by atomic mass is 79.9. The second-order valence-corrected chi connectivity index (χ2v) is 3.60. The molecule has 0 nitrogen and oxygen atoms in total. The second-order valence-electron chi connectivity index (χ2n) is 1.56. The highest BCUT2D eigenvalue weighted by Gasteiger charge is 1.74. The van der Waals surface area contributed by atoms with Gasteiger partial charge in [0.25, 0.3) is 0 Å². The maximum absolute atomic E-state index is 3.31. The van der Waals surface area contributed by atoms with Gasteiger partial charge in [-0.3, -0.25) is 0 Å². The van der Waals surface area contributed by atoms with Gasteiger partial charge in [-0.05, 0) is 12.1 Å². The molecule has 2 heteroatoms. The highest BCUT2D eigenvalue weighted by Crippen LogP contribution is 2.05. The summed E-state index contributed by atoms with van der Waals surface area (Å²) in [4.78, 5) is 0. The Bertz CT molecular complexity index is 149. The maximum Gasteiger partial charge on any atom is 0.0175 e. The van der Waals surface area contributed by atoms with Crippen LogP contribution in [0.2, 0.25) is 0 Å². The minimum Gasteiger partial charge on any atom is -0.0931 e. The lowest BCUT2D eigenvalue weighted by Gasteiger charge is -1.80. The predicted molar refractivity (Wildman–Crippen MR) is 65.0 cm³/mol. The topological polar surface area (TPSA) is 0 Å². The molecule has 0 aliphatic carbocycles. The van der Waals surface area contributed by atoms with Gasteiger partial charge < -0.3 is 0 Å². The van der Waals surface area contributed by atoms with Crippen molar-refractivity contribution < 1.29 is 0 Å². The zero-order valence-corrected chi connectivity index (χ0v) is 11.0. The normalized spacial score (nSPS) is 7.08. The Balaban J connectivity index is 0. The van der Waals surface area contributed by atoms with Gasteiger partial charge in [0.05, 0.1) is 0 Å². The standard InChI is InChI=1S/C6H5Br.C2H5Br.C2H6/c7-6-4-2-1-3-5-6;1-2-3;1-2/h1-5H;2H2,1H3;1-2H3. The molecule has 0 spiro atoms. The average Bonchev–Trinajstić information content (AvgIpc) is 2.11. The molecule has 0 amide bonds. The van der Waals surface area contributed by atoms with Crippen molar-refractivity contribution in [2.45, 2.75) is 20.8 Å². The van der Waals surface area contributed by atoms with Crippen molar-refractivity contribution in [1.29, 1.82) is 0 Å². The van der Waals surface area contributed by atoms with Crippen molar-refractivity contribution in [3.05, 3.63) is 34.8 Å². The van der Waals surface area contributed by atoms with E-state index in [9.17, 15) is 0 Å². The third kappa shape index (κ3) is 12.8.